The van der Waals surface area contributed by atoms with Crippen LogP contribution in [-0.4, -0.2) is 18.2 Å². The van der Waals surface area contributed by atoms with Crippen LogP contribution >= 0.6 is 15.9 Å². The van der Waals surface area contributed by atoms with Gasteiger partial charge in [-0.05, 0) is 42.5 Å². The lowest BCUT2D eigenvalue weighted by Crippen LogP contribution is -2.22. The van der Waals surface area contributed by atoms with Crippen molar-refractivity contribution in [1.29, 1.82) is 0 Å². The molecule has 1 aromatic rings. The maximum absolute atomic E-state index is 11.0. The van der Waals surface area contributed by atoms with Crippen molar-refractivity contribution in [3.63, 3.8) is 0 Å². The first kappa shape index (κ1) is 11.5. The van der Waals surface area contributed by atoms with Crippen molar-refractivity contribution in [2.24, 2.45) is 5.92 Å². The van der Waals surface area contributed by atoms with E-state index in [9.17, 15) is 4.79 Å². The largest absolute Gasteiger partial charge is 0.496 e. The van der Waals surface area contributed by atoms with Gasteiger partial charge in [-0.2, -0.15) is 0 Å². The summed E-state index contributed by atoms with van der Waals surface area (Å²) < 4.78 is 6.33. The number of carboxylic acid groups (broad SMARTS) is 1. The van der Waals surface area contributed by atoms with Gasteiger partial charge in [-0.1, -0.05) is 15.9 Å². The van der Waals surface area contributed by atoms with Crippen LogP contribution in [0.4, 0.5) is 0 Å². The van der Waals surface area contributed by atoms with E-state index in [2.05, 4.69) is 15.9 Å². The monoisotopic (exact) mass is 284 g/mol. The zero-order chi connectivity index (χ0) is 11.7. The number of ether oxygens (including phenoxy) is 1. The number of aliphatic carboxylic acids is 1. The van der Waals surface area contributed by atoms with E-state index in [1.165, 1.54) is 5.56 Å². The van der Waals surface area contributed by atoms with Gasteiger partial charge >= 0.3 is 5.97 Å². The minimum Gasteiger partial charge on any atom is -0.496 e. The van der Waals surface area contributed by atoms with Crippen LogP contribution in [0.25, 0.3) is 0 Å². The van der Waals surface area contributed by atoms with Gasteiger partial charge in [0.2, 0.25) is 0 Å². The number of benzene rings is 1. The molecule has 16 heavy (non-hydrogen) atoms. The second-order valence-corrected chi connectivity index (χ2v) is 4.84. The summed E-state index contributed by atoms with van der Waals surface area (Å²) >= 11 is 3.50. The summed E-state index contributed by atoms with van der Waals surface area (Å²) in [6, 6.07) is 3.84. The first-order valence-corrected chi connectivity index (χ1v) is 6.00. The molecule has 3 nitrogen and oxygen atoms in total. The van der Waals surface area contributed by atoms with Gasteiger partial charge in [-0.3, -0.25) is 4.79 Å². The van der Waals surface area contributed by atoms with E-state index < -0.39 is 5.97 Å². The lowest BCUT2D eigenvalue weighted by Gasteiger charge is -2.24. The Morgan fingerprint density at radius 3 is 2.88 bits per heavy atom. The van der Waals surface area contributed by atoms with Crippen LogP contribution in [0.2, 0.25) is 0 Å². The predicted molar refractivity (Wildman–Crippen MR) is 63.8 cm³/mol. The minimum absolute atomic E-state index is 0.282. The first-order chi connectivity index (χ1) is 7.63. The average molecular weight is 285 g/mol. The third-order valence-electron chi connectivity index (χ3n) is 3.09. The Balaban J connectivity index is 2.42. The molecule has 1 aliphatic rings. The second-order valence-electron chi connectivity index (χ2n) is 3.98. The quantitative estimate of drug-likeness (QED) is 0.908. The molecule has 0 aromatic heterocycles. The Morgan fingerprint density at radius 2 is 2.25 bits per heavy atom. The normalized spacial score (nSPS) is 19.0. The predicted octanol–water partition coefficient (Wildman–Crippen LogP) is 2.65. The van der Waals surface area contributed by atoms with E-state index >= 15 is 0 Å². The zero-order valence-corrected chi connectivity index (χ0v) is 10.6. The van der Waals surface area contributed by atoms with Crippen LogP contribution in [0.5, 0.6) is 5.75 Å². The molecule has 4 heteroatoms. The molecule has 86 valence electrons. The van der Waals surface area contributed by atoms with E-state index in [1.54, 1.807) is 7.11 Å². The maximum atomic E-state index is 11.0. The molecule has 0 amide bonds. The number of carbonyl (C=O) groups is 1. The summed E-state index contributed by atoms with van der Waals surface area (Å²) in [5.41, 5.74) is 2.23. The molecule has 0 spiro atoms. The van der Waals surface area contributed by atoms with Crippen LogP contribution in [0.3, 0.4) is 0 Å². The van der Waals surface area contributed by atoms with Crippen LogP contribution in [0.15, 0.2) is 16.6 Å². The van der Waals surface area contributed by atoms with E-state index in [4.69, 9.17) is 9.84 Å². The zero-order valence-electron chi connectivity index (χ0n) is 9.00. The van der Waals surface area contributed by atoms with Crippen LogP contribution in [0.1, 0.15) is 17.5 Å². The fourth-order valence-electron chi connectivity index (χ4n) is 2.21. The summed E-state index contributed by atoms with van der Waals surface area (Å²) in [5.74, 6) is -0.201. The third-order valence-corrected chi connectivity index (χ3v) is 3.84. The standard InChI is InChI=1S/C12H13BrO3/c1-16-11-5-4-10(13)8-3-2-7(12(14)15)6-9(8)11/h4-5,7H,2-3,6H2,1H3,(H,14,15). The average Bonchev–Trinajstić information content (AvgIpc) is 2.29. The van der Waals surface area contributed by atoms with Gasteiger partial charge in [0.1, 0.15) is 5.75 Å². The van der Waals surface area contributed by atoms with Gasteiger partial charge in [0.15, 0.2) is 0 Å². The molecule has 0 bridgehead atoms. The van der Waals surface area contributed by atoms with Gasteiger partial charge in [0.05, 0.1) is 13.0 Å². The van der Waals surface area contributed by atoms with Crippen LogP contribution in [0, 0.1) is 5.92 Å². The number of methoxy groups -OCH3 is 1. The Hall–Kier alpha value is -1.03. The number of rotatable bonds is 2. The van der Waals surface area contributed by atoms with Crippen molar-refractivity contribution in [1.82, 2.24) is 0 Å². The SMILES string of the molecule is COc1ccc(Br)c2c1CC(C(=O)O)CC2. The summed E-state index contributed by atoms with van der Waals surface area (Å²) in [6.45, 7) is 0. The van der Waals surface area contributed by atoms with E-state index in [0.29, 0.717) is 12.8 Å². The smallest absolute Gasteiger partial charge is 0.306 e. The number of hydrogen-bond acceptors (Lipinski definition) is 2. The third kappa shape index (κ3) is 1.94. The highest BCUT2D eigenvalue weighted by Gasteiger charge is 2.27. The Bertz CT molecular complexity index is 429. The molecule has 0 saturated carbocycles. The summed E-state index contributed by atoms with van der Waals surface area (Å²) in [5, 5.41) is 9.04. The van der Waals surface area contributed by atoms with Gasteiger partial charge in [0.25, 0.3) is 0 Å². The minimum atomic E-state index is -0.715. The molecule has 0 heterocycles. The molecule has 1 atom stereocenters. The van der Waals surface area contributed by atoms with Gasteiger partial charge < -0.3 is 9.84 Å². The van der Waals surface area contributed by atoms with Crippen molar-refractivity contribution in [2.45, 2.75) is 19.3 Å². The summed E-state index contributed by atoms with van der Waals surface area (Å²) in [7, 11) is 1.62. The fraction of sp³-hybridized carbons (Fsp3) is 0.417. The number of carboxylic acids is 1. The highest BCUT2D eigenvalue weighted by atomic mass is 79.9. The Labute approximate surface area is 103 Å². The molecular weight excluding hydrogens is 272 g/mol. The Morgan fingerprint density at radius 1 is 1.50 bits per heavy atom. The molecule has 1 N–H and O–H groups in total. The van der Waals surface area contributed by atoms with Gasteiger partial charge in [-0.25, -0.2) is 0 Å². The van der Waals surface area contributed by atoms with Crippen LogP contribution in [-0.2, 0) is 17.6 Å². The summed E-state index contributed by atoms with van der Waals surface area (Å²) in [4.78, 5) is 11.0. The van der Waals surface area contributed by atoms with Crippen LogP contribution < -0.4 is 4.74 Å². The molecule has 1 aromatic carbocycles. The van der Waals surface area contributed by atoms with Gasteiger partial charge in [0, 0.05) is 4.47 Å². The molecule has 0 radical (unpaired) electrons. The first-order valence-electron chi connectivity index (χ1n) is 5.20. The Kier molecular flexibility index (Phi) is 3.19. The lowest BCUT2D eigenvalue weighted by atomic mass is 9.83. The number of fused-ring (bicyclic) bond motifs is 1. The van der Waals surface area contributed by atoms with E-state index in [-0.39, 0.29) is 5.92 Å². The number of halogens is 1. The van der Waals surface area contributed by atoms with Crippen molar-refractivity contribution in [3.05, 3.63) is 27.7 Å². The summed E-state index contributed by atoms with van der Waals surface area (Å²) in [6.07, 6.45) is 2.06. The van der Waals surface area contributed by atoms with E-state index in [1.807, 2.05) is 12.1 Å². The highest BCUT2D eigenvalue weighted by Crippen LogP contribution is 2.36. The molecule has 0 fully saturated rings. The fourth-order valence-corrected chi connectivity index (χ4v) is 2.78. The molecule has 0 aliphatic heterocycles. The molecule has 2 rings (SSSR count). The van der Waals surface area contributed by atoms with Crippen molar-refractivity contribution < 1.29 is 14.6 Å². The number of hydrogen-bond donors (Lipinski definition) is 1. The van der Waals surface area contributed by atoms with Gasteiger partial charge in [-0.15, -0.1) is 0 Å². The topological polar surface area (TPSA) is 46.5 Å². The molecule has 0 saturated heterocycles. The second kappa shape index (κ2) is 4.45. The molecule has 1 unspecified atom stereocenters. The maximum Gasteiger partial charge on any atom is 0.306 e. The van der Waals surface area contributed by atoms with Crippen molar-refractivity contribution in [2.75, 3.05) is 7.11 Å². The highest BCUT2D eigenvalue weighted by molar-refractivity contribution is 9.10. The van der Waals surface area contributed by atoms with Crippen molar-refractivity contribution in [3.8, 4) is 5.75 Å². The lowest BCUT2D eigenvalue weighted by molar-refractivity contribution is -0.142. The van der Waals surface area contributed by atoms with E-state index in [0.717, 1.165) is 22.2 Å². The van der Waals surface area contributed by atoms with Crippen molar-refractivity contribution >= 4 is 21.9 Å². The molecule has 1 aliphatic carbocycles. The molecular formula is C12H13BrO3.